The van der Waals surface area contributed by atoms with Gasteiger partial charge < -0.3 is 25.2 Å². The van der Waals surface area contributed by atoms with Crippen molar-refractivity contribution in [1.82, 2.24) is 5.48 Å². The Bertz CT molecular complexity index is 252. The Morgan fingerprint density at radius 2 is 2.12 bits per heavy atom. The van der Waals surface area contributed by atoms with Crippen LogP contribution in [-0.2, 0) is 14.4 Å². The Morgan fingerprint density at radius 1 is 1.50 bits per heavy atom. The molecule has 0 aromatic heterocycles. The summed E-state index contributed by atoms with van der Waals surface area (Å²) >= 11 is 0. The van der Waals surface area contributed by atoms with Gasteiger partial charge in [0.1, 0.15) is 18.3 Å². The van der Waals surface area contributed by atoms with Crippen LogP contribution in [0, 0.1) is 0 Å². The number of carbonyl (C=O) groups is 2. The van der Waals surface area contributed by atoms with Crippen LogP contribution in [0.4, 0.5) is 0 Å². The number of hydrogen-bond acceptors (Lipinski definition) is 7. The van der Waals surface area contributed by atoms with E-state index in [0.29, 0.717) is 0 Å². The lowest BCUT2D eigenvalue weighted by molar-refractivity contribution is -0.165. The molecule has 4 atom stereocenters. The van der Waals surface area contributed by atoms with E-state index in [0.717, 1.165) is 0 Å². The molecule has 0 fully saturated rings. The van der Waals surface area contributed by atoms with Crippen molar-refractivity contribution < 1.29 is 36.2 Å². The van der Waals surface area contributed by atoms with E-state index in [1.165, 1.54) is 0 Å². The zero-order valence-corrected chi connectivity index (χ0v) is 8.31. The predicted octanol–water partition coefficient (Wildman–Crippen LogP) is -3.30. The Morgan fingerprint density at radius 3 is 2.56 bits per heavy atom. The fourth-order valence-corrected chi connectivity index (χ4v) is 0.842. The van der Waals surface area contributed by atoms with Crippen LogP contribution in [0.3, 0.4) is 0 Å². The molecule has 0 saturated heterocycles. The van der Waals surface area contributed by atoms with Gasteiger partial charge in [0.25, 0.3) is 0 Å². The first kappa shape index (κ1) is 13.0. The van der Waals surface area contributed by atoms with Crippen LogP contribution in [0.15, 0.2) is 0 Å². The van der Waals surface area contributed by atoms with Crippen LogP contribution in [0.5, 0.6) is 0 Å². The SMILES string of the molecule is [2H]CC(=O)NO[C@@H](C=O)[C@@H](O)[C@H](O)[C@H](O)CO. The highest BCUT2D eigenvalue weighted by Crippen LogP contribution is 2.05. The summed E-state index contributed by atoms with van der Waals surface area (Å²) in [6, 6.07) is 0. The zero-order chi connectivity index (χ0) is 13.4. The van der Waals surface area contributed by atoms with E-state index in [2.05, 4.69) is 4.84 Å². The second-order valence-electron chi connectivity index (χ2n) is 2.97. The van der Waals surface area contributed by atoms with E-state index in [1.807, 2.05) is 0 Å². The monoisotopic (exact) mass is 238 g/mol. The predicted molar refractivity (Wildman–Crippen MR) is 49.9 cm³/mol. The Kier molecular flexibility index (Phi) is 5.90. The lowest BCUT2D eigenvalue weighted by Gasteiger charge is -2.25. The van der Waals surface area contributed by atoms with Gasteiger partial charge in [0.2, 0.25) is 5.91 Å². The van der Waals surface area contributed by atoms with Crippen molar-refractivity contribution in [3.63, 3.8) is 0 Å². The molecule has 0 radical (unpaired) electrons. The Balaban J connectivity index is 4.34. The lowest BCUT2D eigenvalue weighted by Crippen LogP contribution is -2.49. The molecular weight excluding hydrogens is 222 g/mol. The second kappa shape index (κ2) is 7.25. The van der Waals surface area contributed by atoms with Crippen LogP contribution in [0.2, 0.25) is 0 Å². The summed E-state index contributed by atoms with van der Waals surface area (Å²) in [4.78, 5) is 25.6. The normalized spacial score (nSPS) is 19.1. The van der Waals surface area contributed by atoms with Gasteiger partial charge in [-0.2, -0.15) is 0 Å². The Labute approximate surface area is 92.8 Å². The molecular formula is C8H15NO7. The summed E-state index contributed by atoms with van der Waals surface area (Å²) in [5, 5.41) is 36.2. The first-order chi connectivity index (χ1) is 7.97. The first-order valence-electron chi connectivity index (χ1n) is 5.02. The van der Waals surface area contributed by atoms with Gasteiger partial charge in [-0.3, -0.25) is 9.63 Å². The van der Waals surface area contributed by atoms with Gasteiger partial charge in [-0.05, 0) is 0 Å². The molecule has 0 rings (SSSR count). The number of aldehydes is 1. The molecule has 8 heteroatoms. The van der Waals surface area contributed by atoms with Crippen molar-refractivity contribution in [2.75, 3.05) is 6.61 Å². The summed E-state index contributed by atoms with van der Waals surface area (Å²) in [5.41, 5.74) is 1.70. The number of carbonyl (C=O) groups excluding carboxylic acids is 2. The molecule has 16 heavy (non-hydrogen) atoms. The molecule has 0 unspecified atom stereocenters. The van der Waals surface area contributed by atoms with Crippen LogP contribution in [-0.4, -0.2) is 63.6 Å². The summed E-state index contributed by atoms with van der Waals surface area (Å²) in [5.74, 6) is -0.846. The number of hydroxylamine groups is 1. The topological polar surface area (TPSA) is 136 Å². The quantitative estimate of drug-likeness (QED) is 0.231. The van der Waals surface area contributed by atoms with Gasteiger partial charge in [0, 0.05) is 8.27 Å². The number of amides is 1. The molecule has 0 spiro atoms. The third-order valence-electron chi connectivity index (χ3n) is 1.71. The smallest absolute Gasteiger partial charge is 0.240 e. The van der Waals surface area contributed by atoms with Crippen molar-refractivity contribution in [2.45, 2.75) is 31.3 Å². The zero-order valence-electron chi connectivity index (χ0n) is 9.31. The Hall–Kier alpha value is -1.06. The van der Waals surface area contributed by atoms with Gasteiger partial charge >= 0.3 is 0 Å². The number of rotatable bonds is 7. The van der Waals surface area contributed by atoms with Crippen LogP contribution in [0.25, 0.3) is 0 Å². The van der Waals surface area contributed by atoms with Crippen molar-refractivity contribution in [1.29, 1.82) is 0 Å². The summed E-state index contributed by atoms with van der Waals surface area (Å²) in [6.07, 6.45) is -6.82. The van der Waals surface area contributed by atoms with Gasteiger partial charge in [-0.15, -0.1) is 0 Å². The van der Waals surface area contributed by atoms with Crippen LogP contribution >= 0.6 is 0 Å². The molecule has 0 saturated carbocycles. The van der Waals surface area contributed by atoms with Gasteiger partial charge in [0.05, 0.1) is 6.61 Å². The fourth-order valence-electron chi connectivity index (χ4n) is 0.842. The average molecular weight is 238 g/mol. The third kappa shape index (κ3) is 4.64. The number of hydrogen-bond donors (Lipinski definition) is 5. The summed E-state index contributed by atoms with van der Waals surface area (Å²) in [6.45, 7) is -1.45. The molecule has 1 amide bonds. The molecule has 0 aliphatic heterocycles. The van der Waals surface area contributed by atoms with Crippen molar-refractivity contribution in [3.8, 4) is 0 Å². The standard InChI is InChI=1S/C8H15NO7/c1-4(12)9-16-6(3-11)8(15)7(14)5(13)2-10/h3,5-8,10,13-15H,2H2,1H3,(H,9,12)/t5-,6+,7-,8-/m1/s1/i1D. The van der Waals surface area contributed by atoms with Crippen molar-refractivity contribution in [3.05, 3.63) is 0 Å². The molecule has 0 heterocycles. The molecule has 0 bridgehead atoms. The first-order valence-corrected chi connectivity index (χ1v) is 4.32. The fraction of sp³-hybridized carbons (Fsp3) is 0.750. The van der Waals surface area contributed by atoms with Gasteiger partial charge in [0.15, 0.2) is 12.4 Å². The summed E-state index contributed by atoms with van der Waals surface area (Å²) in [7, 11) is 0. The van der Waals surface area contributed by atoms with E-state index < -0.39 is 43.8 Å². The van der Waals surface area contributed by atoms with Crippen LogP contribution in [0.1, 0.15) is 8.27 Å². The highest BCUT2D eigenvalue weighted by Gasteiger charge is 2.32. The molecule has 0 aliphatic carbocycles. The maximum absolute atomic E-state index is 10.6. The van der Waals surface area contributed by atoms with E-state index in [9.17, 15) is 19.8 Å². The molecule has 0 aromatic rings. The lowest BCUT2D eigenvalue weighted by atomic mass is 10.0. The maximum atomic E-state index is 10.6. The largest absolute Gasteiger partial charge is 0.394 e. The van der Waals surface area contributed by atoms with E-state index >= 15 is 0 Å². The summed E-state index contributed by atoms with van der Waals surface area (Å²) < 4.78 is 6.63. The average Bonchev–Trinajstić information content (AvgIpc) is 2.36. The molecule has 5 N–H and O–H groups in total. The second-order valence-corrected chi connectivity index (χ2v) is 2.97. The molecule has 0 aliphatic rings. The number of nitrogens with one attached hydrogen (secondary N) is 1. The van der Waals surface area contributed by atoms with Crippen molar-refractivity contribution in [2.24, 2.45) is 0 Å². The highest BCUT2D eigenvalue weighted by molar-refractivity contribution is 5.71. The van der Waals surface area contributed by atoms with E-state index in [1.54, 1.807) is 5.48 Å². The maximum Gasteiger partial charge on any atom is 0.240 e. The molecule has 8 nitrogen and oxygen atoms in total. The minimum Gasteiger partial charge on any atom is -0.394 e. The van der Waals surface area contributed by atoms with Gasteiger partial charge in [-0.25, -0.2) is 5.48 Å². The highest BCUT2D eigenvalue weighted by atomic mass is 16.7. The van der Waals surface area contributed by atoms with E-state index in [-0.39, 0.29) is 6.29 Å². The minimum absolute atomic E-state index is 0.0994. The number of aliphatic hydroxyl groups excluding tert-OH is 4. The van der Waals surface area contributed by atoms with E-state index in [4.69, 9.17) is 11.6 Å². The molecule has 0 aromatic carbocycles. The van der Waals surface area contributed by atoms with Crippen LogP contribution < -0.4 is 5.48 Å². The van der Waals surface area contributed by atoms with Crippen molar-refractivity contribution >= 4 is 12.2 Å². The van der Waals surface area contributed by atoms with Gasteiger partial charge in [-0.1, -0.05) is 0 Å². The third-order valence-corrected chi connectivity index (χ3v) is 1.71. The number of aliphatic hydroxyl groups is 4. The molecule has 94 valence electrons. The minimum atomic E-state index is -1.83.